The van der Waals surface area contributed by atoms with Gasteiger partial charge < -0.3 is 15.4 Å². The minimum absolute atomic E-state index is 0.0127. The van der Waals surface area contributed by atoms with E-state index in [0.29, 0.717) is 40.5 Å². The summed E-state index contributed by atoms with van der Waals surface area (Å²) in [4.78, 5) is 21.7. The van der Waals surface area contributed by atoms with Crippen LogP contribution < -0.4 is 10.6 Å². The average Bonchev–Trinajstić information content (AvgIpc) is 2.85. The van der Waals surface area contributed by atoms with E-state index in [1.54, 1.807) is 18.3 Å². The molecule has 6 nitrogen and oxygen atoms in total. The Morgan fingerprint density at radius 3 is 2.82 bits per heavy atom. The smallest absolute Gasteiger partial charge is 0.165 e. The van der Waals surface area contributed by atoms with E-state index >= 15 is 0 Å². The fourth-order valence-electron chi connectivity index (χ4n) is 4.54. The number of carbonyl (C=O) groups is 1. The van der Waals surface area contributed by atoms with Crippen LogP contribution in [0.5, 0.6) is 0 Å². The molecule has 2 fully saturated rings. The van der Waals surface area contributed by atoms with E-state index < -0.39 is 5.82 Å². The first-order chi connectivity index (χ1) is 16.0. The van der Waals surface area contributed by atoms with Gasteiger partial charge in [-0.15, -0.1) is 0 Å². The van der Waals surface area contributed by atoms with Crippen LogP contribution in [0.2, 0.25) is 5.02 Å². The van der Waals surface area contributed by atoms with Crippen LogP contribution >= 0.6 is 11.6 Å². The zero-order valence-corrected chi connectivity index (χ0v) is 19.8. The summed E-state index contributed by atoms with van der Waals surface area (Å²) in [5, 5.41) is 7.03. The minimum atomic E-state index is -0.401. The highest BCUT2D eigenvalue weighted by atomic mass is 35.5. The van der Waals surface area contributed by atoms with Gasteiger partial charge in [0.05, 0.1) is 10.7 Å². The number of aromatic nitrogens is 2. The lowest BCUT2D eigenvalue weighted by molar-refractivity contribution is -0.122. The summed E-state index contributed by atoms with van der Waals surface area (Å²) >= 11 is 6.41. The Bertz CT molecular complexity index is 959. The molecule has 0 unspecified atom stereocenters. The average molecular weight is 475 g/mol. The molecule has 0 amide bonds. The normalized spacial score (nSPS) is 21.7. The first-order valence-electron chi connectivity index (χ1n) is 11.9. The van der Waals surface area contributed by atoms with Crippen LogP contribution in [0.15, 0.2) is 24.4 Å². The summed E-state index contributed by atoms with van der Waals surface area (Å²) < 4.78 is 19.8. The van der Waals surface area contributed by atoms with Crippen molar-refractivity contribution in [2.75, 3.05) is 31.6 Å². The fraction of sp³-hybridized carbons (Fsp3) is 0.560. The lowest BCUT2D eigenvalue weighted by Crippen LogP contribution is -2.41. The van der Waals surface area contributed by atoms with Crippen LogP contribution in [-0.2, 0) is 16.0 Å². The van der Waals surface area contributed by atoms with Gasteiger partial charge in [-0.1, -0.05) is 18.5 Å². The van der Waals surface area contributed by atoms with E-state index in [9.17, 15) is 9.18 Å². The van der Waals surface area contributed by atoms with Crippen molar-refractivity contribution in [1.82, 2.24) is 15.3 Å². The first kappa shape index (κ1) is 24.0. The third kappa shape index (κ3) is 6.28. The summed E-state index contributed by atoms with van der Waals surface area (Å²) in [5.41, 5.74) is 1.85. The van der Waals surface area contributed by atoms with Gasteiger partial charge in [-0.25, -0.2) is 9.37 Å². The summed E-state index contributed by atoms with van der Waals surface area (Å²) in [6.07, 6.45) is 6.73. The number of nitrogens with zero attached hydrogens (tertiary/aromatic N) is 2. The molecule has 2 atom stereocenters. The predicted octanol–water partition coefficient (Wildman–Crippen LogP) is 4.66. The van der Waals surface area contributed by atoms with Crippen molar-refractivity contribution in [3.05, 3.63) is 40.9 Å². The van der Waals surface area contributed by atoms with Crippen LogP contribution in [-0.4, -0.2) is 48.1 Å². The fourth-order valence-corrected chi connectivity index (χ4v) is 4.74. The molecule has 2 aromatic rings. The molecule has 2 aromatic heterocycles. The quantitative estimate of drug-likeness (QED) is 0.579. The summed E-state index contributed by atoms with van der Waals surface area (Å²) in [5.74, 6) is 0.444. The Hall–Kier alpha value is -2.09. The van der Waals surface area contributed by atoms with E-state index in [0.717, 1.165) is 51.9 Å². The van der Waals surface area contributed by atoms with Crippen molar-refractivity contribution < 1.29 is 13.9 Å². The maximum absolute atomic E-state index is 14.4. The summed E-state index contributed by atoms with van der Waals surface area (Å²) in [6.45, 7) is 5.02. The van der Waals surface area contributed by atoms with Crippen molar-refractivity contribution in [2.45, 2.75) is 51.5 Å². The van der Waals surface area contributed by atoms with Crippen LogP contribution in [0.1, 0.15) is 44.7 Å². The van der Waals surface area contributed by atoms with E-state index in [1.807, 2.05) is 0 Å². The van der Waals surface area contributed by atoms with E-state index in [1.165, 1.54) is 6.07 Å². The van der Waals surface area contributed by atoms with Gasteiger partial charge in [-0.3, -0.25) is 9.78 Å². The van der Waals surface area contributed by atoms with Gasteiger partial charge in [-0.05, 0) is 56.2 Å². The monoisotopic (exact) mass is 474 g/mol. The van der Waals surface area contributed by atoms with Crippen LogP contribution in [0.3, 0.4) is 0 Å². The summed E-state index contributed by atoms with van der Waals surface area (Å²) in [7, 11) is 0. The highest BCUT2D eigenvalue weighted by Gasteiger charge is 2.25. The maximum atomic E-state index is 14.4. The molecule has 0 aromatic carbocycles. The van der Waals surface area contributed by atoms with Gasteiger partial charge in [-0.2, -0.15) is 0 Å². The third-order valence-corrected chi connectivity index (χ3v) is 7.05. The molecular weight excluding hydrogens is 443 g/mol. The molecule has 178 valence electrons. The molecule has 8 heteroatoms. The van der Waals surface area contributed by atoms with Crippen LogP contribution in [0.4, 0.5) is 10.2 Å². The second-order valence-electron chi connectivity index (χ2n) is 9.05. The second-order valence-corrected chi connectivity index (χ2v) is 9.46. The SMILES string of the molecule is CC[C@@H]1CC[C@@H](C(=O)Cc2cc(-c3ccc(F)c(NCC4CCOCC4)n3)c(Cl)cn2)CN1. The van der Waals surface area contributed by atoms with Crippen LogP contribution in [0.25, 0.3) is 11.3 Å². The number of ether oxygens (including phenoxy) is 1. The Labute approximate surface area is 199 Å². The number of anilines is 1. The van der Waals surface area contributed by atoms with Crippen LogP contribution in [0, 0.1) is 17.7 Å². The largest absolute Gasteiger partial charge is 0.381 e. The number of carbonyl (C=O) groups excluding carboxylic acids is 1. The summed E-state index contributed by atoms with van der Waals surface area (Å²) in [6, 6.07) is 5.31. The number of hydrogen-bond donors (Lipinski definition) is 2. The number of pyridine rings is 2. The number of halogens is 2. The molecule has 0 bridgehead atoms. The van der Waals surface area contributed by atoms with Crippen molar-refractivity contribution in [3.8, 4) is 11.3 Å². The Morgan fingerprint density at radius 2 is 2.09 bits per heavy atom. The standard InChI is InChI=1S/C25H32ClFN4O2/c1-2-18-4-3-17(14-28-18)24(32)12-19-11-20(21(26)15-29-19)23-6-5-22(27)25(31-23)30-13-16-7-9-33-10-8-16/h5-6,11,15-18,28H,2-4,7-10,12-14H2,1H3,(H,30,31)/t17-,18-/m1/s1. The zero-order valence-electron chi connectivity index (χ0n) is 19.1. The molecule has 2 saturated heterocycles. The Kier molecular flexibility index (Phi) is 8.28. The third-order valence-electron chi connectivity index (χ3n) is 6.75. The molecule has 2 N–H and O–H groups in total. The predicted molar refractivity (Wildman–Crippen MR) is 128 cm³/mol. The van der Waals surface area contributed by atoms with E-state index in [-0.39, 0.29) is 23.9 Å². The topological polar surface area (TPSA) is 76.1 Å². The highest BCUT2D eigenvalue weighted by Crippen LogP contribution is 2.29. The molecule has 0 spiro atoms. The highest BCUT2D eigenvalue weighted by molar-refractivity contribution is 6.33. The van der Waals surface area contributed by atoms with Crippen molar-refractivity contribution in [3.63, 3.8) is 0 Å². The lowest BCUT2D eigenvalue weighted by Gasteiger charge is -2.28. The Balaban J connectivity index is 1.45. The number of Topliss-reactive ketones (excluding diaryl/α,β-unsaturated/α-hetero) is 1. The first-order valence-corrected chi connectivity index (χ1v) is 12.3. The number of piperidine rings is 1. The maximum Gasteiger partial charge on any atom is 0.165 e. The van der Waals surface area contributed by atoms with Gasteiger partial charge in [0.25, 0.3) is 0 Å². The molecule has 4 rings (SSSR count). The molecule has 2 aliphatic rings. The van der Waals surface area contributed by atoms with E-state index in [2.05, 4.69) is 27.5 Å². The van der Waals surface area contributed by atoms with Gasteiger partial charge >= 0.3 is 0 Å². The van der Waals surface area contributed by atoms with Gasteiger partial charge in [0.1, 0.15) is 5.78 Å². The number of nitrogens with one attached hydrogen (secondary N) is 2. The molecular formula is C25H32ClFN4O2. The van der Waals surface area contributed by atoms with Gasteiger partial charge in [0, 0.05) is 62.1 Å². The molecule has 4 heterocycles. The number of hydrogen-bond acceptors (Lipinski definition) is 6. The Morgan fingerprint density at radius 1 is 1.27 bits per heavy atom. The molecule has 33 heavy (non-hydrogen) atoms. The number of ketones is 1. The molecule has 2 aliphatic heterocycles. The molecule has 0 aliphatic carbocycles. The van der Waals surface area contributed by atoms with Crippen molar-refractivity contribution >= 4 is 23.2 Å². The molecule has 0 radical (unpaired) electrons. The van der Waals surface area contributed by atoms with Gasteiger partial charge in [0.2, 0.25) is 0 Å². The van der Waals surface area contributed by atoms with Crippen molar-refractivity contribution in [1.29, 1.82) is 0 Å². The van der Waals surface area contributed by atoms with Crippen molar-refractivity contribution in [2.24, 2.45) is 11.8 Å². The lowest BCUT2D eigenvalue weighted by atomic mass is 9.88. The van der Waals surface area contributed by atoms with Gasteiger partial charge in [0.15, 0.2) is 11.6 Å². The zero-order chi connectivity index (χ0) is 23.2. The minimum Gasteiger partial charge on any atom is -0.381 e. The van der Waals surface area contributed by atoms with E-state index in [4.69, 9.17) is 16.3 Å². The molecule has 0 saturated carbocycles. The second kappa shape index (κ2) is 11.4. The number of rotatable bonds is 8.